The van der Waals surface area contributed by atoms with Crippen molar-refractivity contribution in [3.05, 3.63) is 48.0 Å². The van der Waals surface area contributed by atoms with Gasteiger partial charge in [0.25, 0.3) is 0 Å². The molecule has 0 fully saturated rings. The molecule has 0 heterocycles. The maximum absolute atomic E-state index is 5.85. The van der Waals surface area contributed by atoms with Crippen LogP contribution in [0.15, 0.2) is 51.8 Å². The normalized spacial score (nSPS) is 10.8. The monoisotopic (exact) mass is 273 g/mol. The predicted octanol–water partition coefficient (Wildman–Crippen LogP) is 2.99. The Balaban J connectivity index is 2.02. The van der Waals surface area contributed by atoms with Gasteiger partial charge >= 0.3 is 0 Å². The zero-order valence-electron chi connectivity index (χ0n) is 10.5. The third-order valence-corrected chi connectivity index (χ3v) is 3.28. The maximum Gasteiger partial charge on any atom is 0.118 e. The van der Waals surface area contributed by atoms with Crippen LogP contribution in [0.2, 0.25) is 0 Å². The lowest BCUT2D eigenvalue weighted by Crippen LogP contribution is -1.91. The van der Waals surface area contributed by atoms with E-state index in [4.69, 9.17) is 16.2 Å². The minimum atomic E-state index is 0.636. The first-order valence-corrected chi connectivity index (χ1v) is 6.46. The second-order valence-electron chi connectivity index (χ2n) is 3.90. The molecule has 0 aliphatic rings. The summed E-state index contributed by atoms with van der Waals surface area (Å²) in [5.41, 5.74) is 13.8. The van der Waals surface area contributed by atoms with Gasteiger partial charge in [-0.25, -0.2) is 4.40 Å². The zero-order valence-corrected chi connectivity index (χ0v) is 11.4. The van der Waals surface area contributed by atoms with E-state index in [1.54, 1.807) is 19.4 Å². The predicted molar refractivity (Wildman–Crippen MR) is 81.7 cm³/mol. The fraction of sp³-hybridized carbons (Fsp3) is 0.0714. The lowest BCUT2D eigenvalue weighted by Gasteiger charge is -2.02. The Kier molecular flexibility index (Phi) is 4.30. The van der Waals surface area contributed by atoms with Crippen molar-refractivity contribution in [1.82, 2.24) is 0 Å². The Morgan fingerprint density at radius 3 is 2.47 bits per heavy atom. The number of nitrogen functional groups attached to an aromatic ring is 2. The van der Waals surface area contributed by atoms with E-state index in [1.807, 2.05) is 36.4 Å². The third-order valence-electron chi connectivity index (χ3n) is 2.50. The summed E-state index contributed by atoms with van der Waals surface area (Å²) in [5, 5.41) is 0. The summed E-state index contributed by atoms with van der Waals surface area (Å²) in [6.45, 7) is 0. The van der Waals surface area contributed by atoms with Crippen molar-refractivity contribution >= 4 is 29.5 Å². The van der Waals surface area contributed by atoms with Gasteiger partial charge in [0, 0.05) is 29.5 Å². The van der Waals surface area contributed by atoms with Crippen molar-refractivity contribution in [3.63, 3.8) is 0 Å². The van der Waals surface area contributed by atoms with E-state index < -0.39 is 0 Å². The van der Waals surface area contributed by atoms with Crippen LogP contribution in [-0.4, -0.2) is 13.3 Å². The highest BCUT2D eigenvalue weighted by Crippen LogP contribution is 2.27. The average molecular weight is 273 g/mol. The lowest BCUT2D eigenvalue weighted by molar-refractivity contribution is 0.415. The Morgan fingerprint density at radius 1 is 1.11 bits per heavy atom. The topological polar surface area (TPSA) is 73.6 Å². The molecule has 0 bridgehead atoms. The van der Waals surface area contributed by atoms with Crippen molar-refractivity contribution in [2.24, 2.45) is 4.40 Å². The first-order valence-electron chi connectivity index (χ1n) is 5.68. The summed E-state index contributed by atoms with van der Waals surface area (Å²) >= 11 is 1.32. The van der Waals surface area contributed by atoms with Crippen LogP contribution < -0.4 is 16.2 Å². The number of nitrogens with zero attached hydrogens (tertiary/aromatic N) is 1. The number of anilines is 2. The number of hydrogen-bond acceptors (Lipinski definition) is 5. The first-order chi connectivity index (χ1) is 9.19. The van der Waals surface area contributed by atoms with Gasteiger partial charge in [-0.3, -0.25) is 0 Å². The van der Waals surface area contributed by atoms with Crippen LogP contribution in [0.1, 0.15) is 5.56 Å². The molecule has 0 atom stereocenters. The van der Waals surface area contributed by atoms with Gasteiger partial charge in [-0.2, -0.15) is 0 Å². The van der Waals surface area contributed by atoms with E-state index in [0.29, 0.717) is 11.4 Å². The van der Waals surface area contributed by atoms with E-state index in [1.165, 1.54) is 11.9 Å². The fourth-order valence-corrected chi connectivity index (χ4v) is 2.07. The van der Waals surface area contributed by atoms with Crippen LogP contribution in [0.3, 0.4) is 0 Å². The van der Waals surface area contributed by atoms with Crippen molar-refractivity contribution in [2.75, 3.05) is 18.6 Å². The highest BCUT2D eigenvalue weighted by atomic mass is 32.2. The summed E-state index contributed by atoms with van der Waals surface area (Å²) in [6, 6.07) is 13.1. The Bertz CT molecular complexity index is 582. The highest BCUT2D eigenvalue weighted by Gasteiger charge is 1.99. The molecule has 0 saturated heterocycles. The number of ether oxygens (including phenoxy) is 1. The summed E-state index contributed by atoms with van der Waals surface area (Å²) in [5.74, 6) is 0.826. The van der Waals surface area contributed by atoms with Gasteiger partial charge in [-0.15, -0.1) is 0 Å². The van der Waals surface area contributed by atoms with Gasteiger partial charge in [-0.1, -0.05) is 0 Å². The van der Waals surface area contributed by atoms with Crippen LogP contribution in [0, 0.1) is 0 Å². The van der Waals surface area contributed by atoms with Crippen LogP contribution in [0.5, 0.6) is 5.75 Å². The number of hydrogen-bond donors (Lipinski definition) is 2. The van der Waals surface area contributed by atoms with Crippen LogP contribution in [-0.2, 0) is 0 Å². The minimum absolute atomic E-state index is 0.636. The largest absolute Gasteiger partial charge is 0.497 e. The van der Waals surface area contributed by atoms with Crippen LogP contribution in [0.25, 0.3) is 0 Å². The van der Waals surface area contributed by atoms with Gasteiger partial charge in [0.05, 0.1) is 12.0 Å². The van der Waals surface area contributed by atoms with Crippen molar-refractivity contribution < 1.29 is 4.74 Å². The number of nitrogens with two attached hydrogens (primary N) is 2. The molecule has 2 rings (SSSR count). The molecule has 4 nitrogen and oxygen atoms in total. The first kappa shape index (κ1) is 13.3. The molecule has 0 aliphatic heterocycles. The smallest absolute Gasteiger partial charge is 0.118 e. The van der Waals surface area contributed by atoms with E-state index >= 15 is 0 Å². The molecule has 0 spiro atoms. The third kappa shape index (κ3) is 3.66. The molecule has 0 radical (unpaired) electrons. The second-order valence-corrected chi connectivity index (χ2v) is 4.73. The van der Waals surface area contributed by atoms with Gasteiger partial charge in [0.15, 0.2) is 0 Å². The standard InChI is InChI=1S/C14H15N3OS/c1-18-12-5-2-10(3-6-12)9-17-19-14-7-4-11(15)8-13(14)16/h2-9H,15-16H2,1H3/b17-9+. The quantitative estimate of drug-likeness (QED) is 0.510. The molecule has 2 aromatic rings. The van der Waals surface area contributed by atoms with E-state index in [-0.39, 0.29) is 0 Å². The maximum atomic E-state index is 5.85. The Morgan fingerprint density at radius 2 is 1.84 bits per heavy atom. The molecule has 19 heavy (non-hydrogen) atoms. The summed E-state index contributed by atoms with van der Waals surface area (Å²) in [4.78, 5) is 0.888. The fourth-order valence-electron chi connectivity index (χ4n) is 1.48. The molecular weight excluding hydrogens is 258 g/mol. The Hall–Kier alpha value is -2.14. The number of rotatable bonds is 4. The molecule has 4 N–H and O–H groups in total. The molecule has 5 heteroatoms. The lowest BCUT2D eigenvalue weighted by atomic mass is 10.2. The summed E-state index contributed by atoms with van der Waals surface area (Å²) in [6.07, 6.45) is 1.78. The van der Waals surface area contributed by atoms with Crippen molar-refractivity contribution in [1.29, 1.82) is 0 Å². The molecule has 0 aliphatic carbocycles. The van der Waals surface area contributed by atoms with Crippen LogP contribution >= 0.6 is 11.9 Å². The minimum Gasteiger partial charge on any atom is -0.497 e. The summed E-state index contributed by atoms with van der Waals surface area (Å²) in [7, 11) is 1.64. The molecule has 98 valence electrons. The molecule has 0 unspecified atom stereocenters. The Labute approximate surface area is 116 Å². The van der Waals surface area contributed by atoms with Gasteiger partial charge in [-0.05, 0) is 48.0 Å². The zero-order chi connectivity index (χ0) is 13.7. The van der Waals surface area contributed by atoms with Crippen molar-refractivity contribution in [2.45, 2.75) is 4.90 Å². The van der Waals surface area contributed by atoms with Gasteiger partial charge < -0.3 is 16.2 Å². The molecule has 0 aromatic heterocycles. The summed E-state index contributed by atoms with van der Waals surface area (Å²) < 4.78 is 9.38. The van der Waals surface area contributed by atoms with E-state index in [0.717, 1.165) is 16.2 Å². The molecule has 0 amide bonds. The van der Waals surface area contributed by atoms with Crippen molar-refractivity contribution in [3.8, 4) is 5.75 Å². The second kappa shape index (κ2) is 6.15. The molecular formula is C14H15N3OS. The SMILES string of the molecule is COc1ccc(/C=N/Sc2ccc(N)cc2N)cc1. The average Bonchev–Trinajstić information content (AvgIpc) is 2.42. The van der Waals surface area contributed by atoms with Crippen LogP contribution in [0.4, 0.5) is 11.4 Å². The van der Waals surface area contributed by atoms with E-state index in [9.17, 15) is 0 Å². The van der Waals surface area contributed by atoms with Gasteiger partial charge in [0.2, 0.25) is 0 Å². The van der Waals surface area contributed by atoms with Gasteiger partial charge in [0.1, 0.15) is 5.75 Å². The van der Waals surface area contributed by atoms with E-state index in [2.05, 4.69) is 4.40 Å². The number of benzene rings is 2. The molecule has 2 aromatic carbocycles. The number of methoxy groups -OCH3 is 1. The molecule has 0 saturated carbocycles. The highest BCUT2D eigenvalue weighted by molar-refractivity contribution is 7.98.